The molecule has 0 bridgehead atoms. The van der Waals surface area contributed by atoms with Crippen molar-refractivity contribution in [3.05, 3.63) is 35.0 Å². The maximum Gasteiger partial charge on any atom is 0.418 e. The number of amides is 1. The smallest absolute Gasteiger partial charge is 0.398 e. The first-order chi connectivity index (χ1) is 15.2. The van der Waals surface area contributed by atoms with Crippen LogP contribution in [0, 0.1) is 0 Å². The van der Waals surface area contributed by atoms with Crippen molar-refractivity contribution in [3.8, 4) is 0 Å². The highest BCUT2D eigenvalue weighted by atomic mass is 19.4. The highest BCUT2D eigenvalue weighted by Crippen LogP contribution is 2.36. The van der Waals surface area contributed by atoms with Crippen LogP contribution in [0.2, 0.25) is 0 Å². The van der Waals surface area contributed by atoms with Crippen molar-refractivity contribution >= 4 is 29.0 Å². The van der Waals surface area contributed by atoms with Crippen LogP contribution in [0.25, 0.3) is 0 Å². The minimum absolute atomic E-state index is 0.0401. The number of hydrogen-bond acceptors (Lipinski definition) is 6. The first-order valence-corrected chi connectivity index (χ1v) is 10.9. The molecule has 7 nitrogen and oxygen atoms in total. The molecule has 4 N–H and O–H groups in total. The number of nitrogens with one attached hydrogen (secondary N) is 2. The van der Waals surface area contributed by atoms with Crippen molar-refractivity contribution in [2.24, 2.45) is 0 Å². The van der Waals surface area contributed by atoms with Crippen LogP contribution < -0.4 is 21.3 Å². The van der Waals surface area contributed by atoms with Crippen LogP contribution >= 0.6 is 0 Å². The molecule has 2 aliphatic rings. The number of carbonyl (C=O) groups is 1. The molecule has 0 radical (unpaired) electrons. The molecular weight excluding hydrogens is 421 g/mol. The van der Waals surface area contributed by atoms with Crippen LogP contribution in [0.4, 0.5) is 36.3 Å². The minimum atomic E-state index is -4.55. The average molecular weight is 448 g/mol. The number of benzene rings is 1. The lowest BCUT2D eigenvalue weighted by atomic mass is 9.95. The number of nitrogens with two attached hydrogens (primary N) is 1. The van der Waals surface area contributed by atoms with Crippen molar-refractivity contribution in [2.75, 3.05) is 29.0 Å². The van der Waals surface area contributed by atoms with E-state index in [0.29, 0.717) is 6.54 Å². The molecule has 32 heavy (non-hydrogen) atoms. The van der Waals surface area contributed by atoms with E-state index in [1.165, 1.54) is 19.1 Å². The number of piperidine rings is 1. The summed E-state index contributed by atoms with van der Waals surface area (Å²) in [5.74, 6) is 1.01. The Morgan fingerprint density at radius 1 is 1.19 bits per heavy atom. The number of hydrogen-bond donors (Lipinski definition) is 3. The minimum Gasteiger partial charge on any atom is -0.398 e. The number of carbonyl (C=O) groups excluding carboxylic acids is 1. The van der Waals surface area contributed by atoms with Crippen LogP contribution in [0.1, 0.15) is 49.4 Å². The Morgan fingerprint density at radius 2 is 1.97 bits per heavy atom. The fraction of sp³-hybridized carbons (Fsp3) is 0.500. The molecule has 1 aromatic carbocycles. The van der Waals surface area contributed by atoms with E-state index < -0.39 is 11.7 Å². The van der Waals surface area contributed by atoms with Gasteiger partial charge in [0.05, 0.1) is 11.3 Å². The molecule has 1 fully saturated rings. The molecule has 0 spiro atoms. The highest BCUT2D eigenvalue weighted by Gasteiger charge is 2.33. The van der Waals surface area contributed by atoms with Crippen LogP contribution in [-0.4, -0.2) is 35.0 Å². The van der Waals surface area contributed by atoms with E-state index in [9.17, 15) is 18.0 Å². The molecule has 0 unspecified atom stereocenters. The molecular formula is C22H27F3N6O. The molecule has 0 saturated carbocycles. The lowest BCUT2D eigenvalue weighted by Crippen LogP contribution is -2.48. The second kappa shape index (κ2) is 8.84. The number of fused-ring (bicyclic) bond motifs is 1. The molecule has 10 heteroatoms. The van der Waals surface area contributed by atoms with E-state index >= 15 is 0 Å². The molecule has 2 aromatic rings. The summed E-state index contributed by atoms with van der Waals surface area (Å²) < 4.78 is 39.8. The number of nitrogens with zero attached hydrogens (tertiary/aromatic N) is 3. The van der Waals surface area contributed by atoms with Crippen LogP contribution in [0.3, 0.4) is 0 Å². The summed E-state index contributed by atoms with van der Waals surface area (Å²) in [6.45, 7) is 2.96. The second-order valence-electron chi connectivity index (χ2n) is 8.41. The standard InChI is InChI=1S/C22H27F3N6O/c1-13(32)27-15-5-4-10-31(12-15)20-16-6-2-3-7-19(16)29-21(30-20)28-14-8-9-18(26)17(11-14)22(23,24)25/h8-9,11,15H,2-7,10,12,26H2,1H3,(H,27,32)(H,28,29,30)/t15-/m1/s1. The summed E-state index contributed by atoms with van der Waals surface area (Å²) in [5.41, 5.74) is 6.54. The van der Waals surface area contributed by atoms with Crippen molar-refractivity contribution < 1.29 is 18.0 Å². The third-order valence-electron chi connectivity index (χ3n) is 5.90. The van der Waals surface area contributed by atoms with Crippen LogP contribution in [0.15, 0.2) is 18.2 Å². The molecule has 172 valence electrons. The zero-order valence-electron chi connectivity index (χ0n) is 17.9. The van der Waals surface area contributed by atoms with Gasteiger partial charge in [0.15, 0.2) is 0 Å². The third kappa shape index (κ3) is 4.89. The summed E-state index contributed by atoms with van der Waals surface area (Å²) in [4.78, 5) is 23.0. The lowest BCUT2D eigenvalue weighted by molar-refractivity contribution is -0.136. The first kappa shape index (κ1) is 22.2. The fourth-order valence-corrected chi connectivity index (χ4v) is 4.48. The number of anilines is 4. The van der Waals surface area contributed by atoms with E-state index in [1.54, 1.807) is 0 Å². The van der Waals surface area contributed by atoms with E-state index in [0.717, 1.165) is 68.2 Å². The SMILES string of the molecule is CC(=O)N[C@@H]1CCCN(c2nc(Nc3ccc(N)c(C(F)(F)F)c3)nc3c2CCCC3)C1. The fourth-order valence-electron chi connectivity index (χ4n) is 4.48. The Morgan fingerprint density at radius 3 is 2.72 bits per heavy atom. The van der Waals surface area contributed by atoms with Gasteiger partial charge in [0, 0.05) is 43.0 Å². The van der Waals surface area contributed by atoms with Gasteiger partial charge in [-0.25, -0.2) is 4.98 Å². The van der Waals surface area contributed by atoms with Crippen molar-refractivity contribution in [1.29, 1.82) is 0 Å². The number of aromatic nitrogens is 2. The summed E-state index contributed by atoms with van der Waals surface area (Å²) in [6.07, 6.45) is 1.00. The zero-order chi connectivity index (χ0) is 22.9. The highest BCUT2D eigenvalue weighted by molar-refractivity contribution is 5.73. The molecule has 1 atom stereocenters. The number of rotatable bonds is 4. The van der Waals surface area contributed by atoms with Crippen molar-refractivity contribution in [2.45, 2.75) is 57.7 Å². The third-order valence-corrected chi connectivity index (χ3v) is 5.90. The van der Waals surface area contributed by atoms with Crippen LogP contribution in [-0.2, 0) is 23.8 Å². The Kier molecular flexibility index (Phi) is 6.12. The van der Waals surface area contributed by atoms with Gasteiger partial charge < -0.3 is 21.3 Å². The Balaban J connectivity index is 1.65. The first-order valence-electron chi connectivity index (χ1n) is 10.9. The molecule has 1 amide bonds. The van der Waals surface area contributed by atoms with Gasteiger partial charge in [-0.1, -0.05) is 0 Å². The molecule has 1 saturated heterocycles. The molecule has 1 aliphatic carbocycles. The maximum absolute atomic E-state index is 13.3. The topological polar surface area (TPSA) is 96.2 Å². The Bertz CT molecular complexity index is 1010. The monoisotopic (exact) mass is 448 g/mol. The quantitative estimate of drug-likeness (QED) is 0.616. The lowest BCUT2D eigenvalue weighted by Gasteiger charge is -2.36. The number of halogens is 3. The molecule has 1 aromatic heterocycles. The molecule has 2 heterocycles. The zero-order valence-corrected chi connectivity index (χ0v) is 17.9. The van der Waals surface area contributed by atoms with Gasteiger partial charge in [-0.3, -0.25) is 4.79 Å². The van der Waals surface area contributed by atoms with Crippen LogP contribution in [0.5, 0.6) is 0 Å². The second-order valence-corrected chi connectivity index (χ2v) is 8.41. The van der Waals surface area contributed by atoms with Gasteiger partial charge in [0.25, 0.3) is 0 Å². The van der Waals surface area contributed by atoms with Gasteiger partial charge in [-0.15, -0.1) is 0 Å². The number of aryl methyl sites for hydroxylation is 1. The number of alkyl halides is 3. The average Bonchev–Trinajstić information content (AvgIpc) is 2.73. The largest absolute Gasteiger partial charge is 0.418 e. The van der Waals surface area contributed by atoms with E-state index in [1.807, 2.05) is 0 Å². The normalized spacial score (nSPS) is 18.8. The summed E-state index contributed by atoms with van der Waals surface area (Å²) in [5, 5.41) is 5.93. The molecule has 4 rings (SSSR count). The molecule has 1 aliphatic heterocycles. The van der Waals surface area contributed by atoms with Gasteiger partial charge in [0.1, 0.15) is 5.82 Å². The van der Waals surface area contributed by atoms with E-state index in [-0.39, 0.29) is 29.3 Å². The van der Waals surface area contributed by atoms with E-state index in [4.69, 9.17) is 10.7 Å². The summed E-state index contributed by atoms with van der Waals surface area (Å²) >= 11 is 0. The van der Waals surface area contributed by atoms with Gasteiger partial charge in [0.2, 0.25) is 11.9 Å². The maximum atomic E-state index is 13.3. The van der Waals surface area contributed by atoms with Gasteiger partial charge in [-0.2, -0.15) is 18.2 Å². The van der Waals surface area contributed by atoms with E-state index in [2.05, 4.69) is 20.5 Å². The van der Waals surface area contributed by atoms with Gasteiger partial charge >= 0.3 is 6.18 Å². The predicted octanol–water partition coefficient (Wildman–Crippen LogP) is 3.80. The Hall–Kier alpha value is -3.04. The summed E-state index contributed by atoms with van der Waals surface area (Å²) in [6, 6.07) is 3.73. The summed E-state index contributed by atoms with van der Waals surface area (Å²) in [7, 11) is 0. The van der Waals surface area contributed by atoms with Crippen molar-refractivity contribution in [3.63, 3.8) is 0 Å². The Labute approximate surface area is 184 Å². The predicted molar refractivity (Wildman–Crippen MR) is 117 cm³/mol. The van der Waals surface area contributed by atoms with Crippen molar-refractivity contribution in [1.82, 2.24) is 15.3 Å². The van der Waals surface area contributed by atoms with Gasteiger partial charge in [-0.05, 0) is 56.7 Å². The number of nitrogen functional groups attached to an aromatic ring is 1.